The van der Waals surface area contributed by atoms with E-state index < -0.39 is 11.6 Å². The number of nitrogens with two attached hydrogens (primary N) is 2. The zero-order valence-corrected chi connectivity index (χ0v) is 18.3. The van der Waals surface area contributed by atoms with Crippen molar-refractivity contribution >= 4 is 22.9 Å². The Bertz CT molecular complexity index is 1290. The fraction of sp³-hybridized carbons (Fsp3) is 0.0714. The number of carbonyl (C=O) groups excluding carboxylic acids is 2. The number of hydrogen-bond acceptors (Lipinski definition) is 6. The molecule has 0 atom stereocenters. The quantitative estimate of drug-likeness (QED) is 0.361. The Balaban J connectivity index is 1.60. The molecule has 4 N–H and O–H groups in total. The van der Waals surface area contributed by atoms with Crippen molar-refractivity contribution in [1.82, 2.24) is 0 Å². The van der Waals surface area contributed by atoms with Crippen LogP contribution in [0.3, 0.4) is 0 Å². The van der Waals surface area contributed by atoms with Gasteiger partial charge in [0.25, 0.3) is 0 Å². The van der Waals surface area contributed by atoms with Gasteiger partial charge in [-0.1, -0.05) is 60.7 Å². The number of carbonyl (C=O) groups is 2. The largest absolute Gasteiger partial charge is 0.488 e. The van der Waals surface area contributed by atoms with Gasteiger partial charge in [-0.15, -0.1) is 0 Å². The van der Waals surface area contributed by atoms with Crippen molar-refractivity contribution in [1.29, 1.82) is 0 Å². The van der Waals surface area contributed by atoms with E-state index in [1.54, 1.807) is 12.1 Å². The molecule has 0 unspecified atom stereocenters. The molecule has 0 spiro atoms. The third kappa shape index (κ3) is 3.75. The molecule has 0 heterocycles. The number of nitrogen functional groups attached to an aromatic ring is 2. The topological polar surface area (TPSA) is 105 Å². The lowest BCUT2D eigenvalue weighted by Crippen LogP contribution is -2.25. The lowest BCUT2D eigenvalue weighted by molar-refractivity contribution is 0.0972. The molecule has 0 saturated carbocycles. The van der Waals surface area contributed by atoms with Crippen LogP contribution in [0, 0.1) is 0 Å². The Kier molecular flexibility index (Phi) is 5.47. The lowest BCUT2D eigenvalue weighted by Gasteiger charge is -2.24. The summed E-state index contributed by atoms with van der Waals surface area (Å²) in [6.45, 7) is 0.469. The average Bonchev–Trinajstić information content (AvgIpc) is 2.87. The summed E-state index contributed by atoms with van der Waals surface area (Å²) in [5.41, 5.74) is 14.9. The minimum atomic E-state index is -0.414. The maximum Gasteiger partial charge on any atom is 0.200 e. The van der Waals surface area contributed by atoms with Gasteiger partial charge in [-0.3, -0.25) is 9.59 Å². The fourth-order valence-corrected chi connectivity index (χ4v) is 4.10. The molecule has 168 valence electrons. The van der Waals surface area contributed by atoms with Crippen LogP contribution in [0.4, 0.5) is 11.4 Å². The summed E-state index contributed by atoms with van der Waals surface area (Å²) in [6.07, 6.45) is 0. The first-order chi connectivity index (χ1) is 16.5. The maximum absolute atomic E-state index is 13.7. The van der Waals surface area contributed by atoms with Crippen LogP contribution < -0.4 is 20.9 Å². The second-order valence-corrected chi connectivity index (χ2v) is 8.01. The predicted molar refractivity (Wildman–Crippen MR) is 130 cm³/mol. The van der Waals surface area contributed by atoms with Crippen molar-refractivity contribution in [2.24, 2.45) is 0 Å². The first-order valence-electron chi connectivity index (χ1n) is 10.8. The second-order valence-electron chi connectivity index (χ2n) is 8.01. The van der Waals surface area contributed by atoms with Crippen LogP contribution in [0.15, 0.2) is 84.9 Å². The van der Waals surface area contributed by atoms with Gasteiger partial charge in [0, 0.05) is 11.4 Å². The molecule has 0 bridgehead atoms. The molecule has 0 amide bonds. The van der Waals surface area contributed by atoms with Crippen molar-refractivity contribution in [2.75, 3.05) is 11.5 Å². The summed E-state index contributed by atoms with van der Waals surface area (Å²) < 4.78 is 12.0. The van der Waals surface area contributed by atoms with Gasteiger partial charge >= 0.3 is 0 Å². The normalized spacial score (nSPS) is 12.1. The van der Waals surface area contributed by atoms with Crippen molar-refractivity contribution < 1.29 is 19.1 Å². The number of rotatable bonds is 6. The summed E-state index contributed by atoms with van der Waals surface area (Å²) in [6, 6.07) is 25.5. The molecule has 6 nitrogen and oxygen atoms in total. The van der Waals surface area contributed by atoms with E-state index in [4.69, 9.17) is 20.9 Å². The van der Waals surface area contributed by atoms with Crippen LogP contribution in [-0.2, 0) is 13.2 Å². The van der Waals surface area contributed by atoms with Gasteiger partial charge in [-0.25, -0.2) is 0 Å². The second kappa shape index (κ2) is 8.75. The van der Waals surface area contributed by atoms with E-state index in [1.807, 2.05) is 60.7 Å². The van der Waals surface area contributed by atoms with E-state index in [2.05, 4.69) is 0 Å². The molecule has 0 fully saturated rings. The van der Waals surface area contributed by atoms with E-state index in [1.165, 1.54) is 12.1 Å². The van der Waals surface area contributed by atoms with Crippen molar-refractivity contribution in [3.8, 4) is 11.5 Å². The molecule has 4 aromatic rings. The zero-order chi connectivity index (χ0) is 23.7. The SMILES string of the molecule is Nc1ccc(N)c2c1C(=O)c1c(OCc3ccccc3)ccc(OCc3ccccc3)c1C2=O. The molecule has 1 aliphatic carbocycles. The summed E-state index contributed by atoms with van der Waals surface area (Å²) >= 11 is 0. The molecule has 0 saturated heterocycles. The Morgan fingerprint density at radius 2 is 0.882 bits per heavy atom. The molecule has 1 aliphatic rings. The summed E-state index contributed by atoms with van der Waals surface area (Å²) in [5, 5.41) is 0. The van der Waals surface area contributed by atoms with Crippen LogP contribution >= 0.6 is 0 Å². The van der Waals surface area contributed by atoms with Crippen molar-refractivity contribution in [2.45, 2.75) is 13.2 Å². The highest BCUT2D eigenvalue weighted by Crippen LogP contribution is 2.42. The molecule has 5 rings (SSSR count). The summed E-state index contributed by atoms with van der Waals surface area (Å²) in [7, 11) is 0. The Hall–Kier alpha value is -4.58. The van der Waals surface area contributed by atoms with Gasteiger partial charge in [-0.05, 0) is 35.4 Å². The van der Waals surface area contributed by atoms with Crippen molar-refractivity contribution in [3.63, 3.8) is 0 Å². The minimum Gasteiger partial charge on any atom is -0.488 e. The maximum atomic E-state index is 13.7. The number of benzene rings is 4. The molecule has 0 radical (unpaired) electrons. The number of ketones is 2. The predicted octanol–water partition coefficient (Wildman–Crippen LogP) is 4.78. The van der Waals surface area contributed by atoms with Gasteiger partial charge in [0.2, 0.25) is 11.6 Å². The number of anilines is 2. The van der Waals surface area contributed by atoms with E-state index >= 15 is 0 Å². The van der Waals surface area contributed by atoms with E-state index in [-0.39, 0.29) is 58.3 Å². The Morgan fingerprint density at radius 1 is 0.500 bits per heavy atom. The highest BCUT2D eigenvalue weighted by Gasteiger charge is 2.38. The van der Waals surface area contributed by atoms with Gasteiger partial charge in [0.05, 0.1) is 22.3 Å². The lowest BCUT2D eigenvalue weighted by atomic mass is 9.81. The van der Waals surface area contributed by atoms with Gasteiger partial charge in [0.1, 0.15) is 24.7 Å². The highest BCUT2D eigenvalue weighted by molar-refractivity contribution is 6.33. The third-order valence-electron chi connectivity index (χ3n) is 5.78. The number of hydrogen-bond donors (Lipinski definition) is 2. The van der Waals surface area contributed by atoms with Crippen LogP contribution in [0.25, 0.3) is 0 Å². The van der Waals surface area contributed by atoms with E-state index in [9.17, 15) is 9.59 Å². The minimum absolute atomic E-state index is 0.0993. The standard InChI is InChI=1S/C28H22N2O4/c29-19-11-12-20(30)24-23(19)27(31)25-21(33-15-17-7-3-1-4-8-17)13-14-22(26(25)28(24)32)34-16-18-9-5-2-6-10-18/h1-14H,15-16,29-30H2. The highest BCUT2D eigenvalue weighted by atomic mass is 16.5. The zero-order valence-electron chi connectivity index (χ0n) is 18.3. The van der Waals surface area contributed by atoms with E-state index in [0.717, 1.165) is 11.1 Å². The number of ether oxygens (including phenoxy) is 2. The molecule has 0 aliphatic heterocycles. The van der Waals surface area contributed by atoms with E-state index in [0.29, 0.717) is 0 Å². The summed E-state index contributed by atoms with van der Waals surface area (Å²) in [4.78, 5) is 27.3. The third-order valence-corrected chi connectivity index (χ3v) is 5.78. The molecule has 0 aromatic heterocycles. The first kappa shape index (κ1) is 21.3. The number of fused-ring (bicyclic) bond motifs is 2. The van der Waals surface area contributed by atoms with Gasteiger partial charge < -0.3 is 20.9 Å². The van der Waals surface area contributed by atoms with Gasteiger partial charge in [-0.2, -0.15) is 0 Å². The Labute approximate surface area is 196 Å². The van der Waals surface area contributed by atoms with Crippen LogP contribution in [0.1, 0.15) is 43.0 Å². The van der Waals surface area contributed by atoms with Crippen LogP contribution in [0.2, 0.25) is 0 Å². The Morgan fingerprint density at radius 3 is 1.26 bits per heavy atom. The average molecular weight is 450 g/mol. The molecule has 34 heavy (non-hydrogen) atoms. The molecule has 6 heteroatoms. The first-order valence-corrected chi connectivity index (χ1v) is 10.8. The van der Waals surface area contributed by atoms with Crippen LogP contribution in [0.5, 0.6) is 11.5 Å². The molecular weight excluding hydrogens is 428 g/mol. The van der Waals surface area contributed by atoms with Crippen LogP contribution in [-0.4, -0.2) is 11.6 Å². The van der Waals surface area contributed by atoms with Crippen molar-refractivity contribution in [3.05, 3.63) is 118 Å². The summed E-state index contributed by atoms with van der Waals surface area (Å²) in [5.74, 6) is -0.251. The van der Waals surface area contributed by atoms with Gasteiger partial charge in [0.15, 0.2) is 0 Å². The molecular formula is C28H22N2O4. The fourth-order valence-electron chi connectivity index (χ4n) is 4.10. The monoisotopic (exact) mass is 450 g/mol. The smallest absolute Gasteiger partial charge is 0.200 e. The molecule has 4 aromatic carbocycles.